The molecule has 1 N–H and O–H groups in total. The normalized spacial score (nSPS) is 18.0. The van der Waals surface area contributed by atoms with Crippen LogP contribution in [0.2, 0.25) is 0 Å². The number of likely N-dealkylation sites (tertiary alicyclic amines) is 1. The van der Waals surface area contributed by atoms with Gasteiger partial charge in [0.25, 0.3) is 0 Å². The molecule has 1 fully saturated rings. The van der Waals surface area contributed by atoms with E-state index in [1.807, 2.05) is 12.3 Å². The summed E-state index contributed by atoms with van der Waals surface area (Å²) in [6.45, 7) is 6.23. The van der Waals surface area contributed by atoms with Crippen molar-refractivity contribution in [3.8, 4) is 16.9 Å². The fourth-order valence-corrected chi connectivity index (χ4v) is 3.82. The number of hydrogen-bond acceptors (Lipinski definition) is 3. The first-order valence-electron chi connectivity index (χ1n) is 10.6. The van der Waals surface area contributed by atoms with E-state index in [-0.39, 0.29) is 11.9 Å². The molecule has 0 saturated carbocycles. The number of amidine groups is 1. The van der Waals surface area contributed by atoms with Gasteiger partial charge in [-0.05, 0) is 81.4 Å². The molecule has 1 unspecified atom stereocenters. The summed E-state index contributed by atoms with van der Waals surface area (Å²) in [4.78, 5) is 7.44. The number of halogens is 1. The molecule has 1 aliphatic heterocycles. The largest absolute Gasteiger partial charge is 0.496 e. The van der Waals surface area contributed by atoms with Gasteiger partial charge in [-0.2, -0.15) is 0 Å². The van der Waals surface area contributed by atoms with E-state index in [1.165, 1.54) is 12.1 Å². The van der Waals surface area contributed by atoms with E-state index in [4.69, 9.17) is 9.73 Å². The fourth-order valence-electron chi connectivity index (χ4n) is 3.82. The van der Waals surface area contributed by atoms with Crippen LogP contribution in [0.3, 0.4) is 0 Å². The molecule has 0 spiro atoms. The Labute approximate surface area is 179 Å². The van der Waals surface area contributed by atoms with Crippen molar-refractivity contribution < 1.29 is 9.13 Å². The lowest BCUT2D eigenvalue weighted by atomic mass is 9.97. The Kier molecular flexibility index (Phi) is 7.63. The summed E-state index contributed by atoms with van der Waals surface area (Å²) in [5.41, 5.74) is 3.95. The molecule has 160 valence electrons. The quantitative estimate of drug-likeness (QED) is 0.529. The predicted molar refractivity (Wildman–Crippen MR) is 123 cm³/mol. The Morgan fingerprint density at radius 3 is 2.70 bits per heavy atom. The van der Waals surface area contributed by atoms with Crippen LogP contribution in [0.4, 0.5) is 4.39 Å². The third-order valence-electron chi connectivity index (χ3n) is 5.50. The molecule has 1 saturated heterocycles. The Balaban J connectivity index is 2.07. The molecule has 0 aromatic heterocycles. The molecule has 0 aliphatic carbocycles. The van der Waals surface area contributed by atoms with E-state index in [1.54, 1.807) is 19.2 Å². The van der Waals surface area contributed by atoms with Gasteiger partial charge in [0.15, 0.2) is 0 Å². The van der Waals surface area contributed by atoms with Gasteiger partial charge in [0, 0.05) is 17.7 Å². The molecule has 1 heterocycles. The average Bonchev–Trinajstić information content (AvgIpc) is 2.74. The van der Waals surface area contributed by atoms with Crippen LogP contribution >= 0.6 is 0 Å². The highest BCUT2D eigenvalue weighted by Gasteiger charge is 2.19. The van der Waals surface area contributed by atoms with E-state index < -0.39 is 0 Å². The van der Waals surface area contributed by atoms with Crippen LogP contribution in [0.1, 0.15) is 37.3 Å². The molecule has 3 rings (SSSR count). The maximum absolute atomic E-state index is 13.4. The minimum atomic E-state index is -0.243. The Morgan fingerprint density at radius 2 is 2.03 bits per heavy atom. The van der Waals surface area contributed by atoms with Crippen LogP contribution in [-0.2, 0) is 0 Å². The standard InChI is InChI=1S/C25H32FN3O/c1-5-6-13-27-25(28-22-8-7-14-29(3)17-22)23-15-20(16-24(30-4)18(23)2)19-9-11-21(26)12-10-19/h6,9-13,15-16,22H,5,7-8,14,17H2,1-4H3,(H,27,28)/b13-6+. The molecule has 0 radical (unpaired) electrons. The number of ether oxygens (including phenoxy) is 1. The molecular weight excluding hydrogens is 377 g/mol. The van der Waals surface area contributed by atoms with Gasteiger partial charge < -0.3 is 15.0 Å². The summed E-state index contributed by atoms with van der Waals surface area (Å²) < 4.78 is 19.1. The maximum atomic E-state index is 13.4. The average molecular weight is 410 g/mol. The van der Waals surface area contributed by atoms with Gasteiger partial charge in [-0.25, -0.2) is 4.39 Å². The highest BCUT2D eigenvalue weighted by molar-refractivity contribution is 6.02. The van der Waals surface area contributed by atoms with Crippen LogP contribution in [0, 0.1) is 12.7 Å². The number of likely N-dealkylation sites (N-methyl/N-ethyl adjacent to an activating group) is 1. The molecule has 30 heavy (non-hydrogen) atoms. The number of nitrogens with zero attached hydrogens (tertiary/aromatic N) is 2. The minimum Gasteiger partial charge on any atom is -0.496 e. The predicted octanol–water partition coefficient (Wildman–Crippen LogP) is 5.16. The van der Waals surface area contributed by atoms with E-state index in [0.717, 1.165) is 66.2 Å². The zero-order chi connectivity index (χ0) is 21.5. The summed E-state index contributed by atoms with van der Waals surface area (Å²) in [6, 6.07) is 10.9. The number of piperidine rings is 1. The smallest absolute Gasteiger partial charge is 0.133 e. The lowest BCUT2D eigenvalue weighted by Gasteiger charge is -2.28. The van der Waals surface area contributed by atoms with Crippen molar-refractivity contribution in [3.63, 3.8) is 0 Å². The second-order valence-electron chi connectivity index (χ2n) is 7.85. The first-order chi connectivity index (χ1) is 14.5. The van der Waals surface area contributed by atoms with Gasteiger partial charge in [-0.15, -0.1) is 0 Å². The third kappa shape index (κ3) is 5.48. The molecule has 0 amide bonds. The molecule has 1 aliphatic rings. The van der Waals surface area contributed by atoms with Crippen LogP contribution in [0.25, 0.3) is 11.1 Å². The summed E-state index contributed by atoms with van der Waals surface area (Å²) in [5.74, 6) is 1.40. The number of benzene rings is 2. The van der Waals surface area contributed by atoms with Gasteiger partial charge in [-0.3, -0.25) is 4.99 Å². The van der Waals surface area contributed by atoms with Gasteiger partial charge in [0.1, 0.15) is 17.4 Å². The van der Waals surface area contributed by atoms with E-state index >= 15 is 0 Å². The van der Waals surface area contributed by atoms with E-state index in [9.17, 15) is 4.39 Å². The van der Waals surface area contributed by atoms with Crippen molar-refractivity contribution in [2.24, 2.45) is 4.99 Å². The topological polar surface area (TPSA) is 36.9 Å². The Morgan fingerprint density at radius 1 is 1.27 bits per heavy atom. The summed E-state index contributed by atoms with van der Waals surface area (Å²) in [5, 5.41) is 3.41. The van der Waals surface area contributed by atoms with Crippen molar-refractivity contribution in [1.29, 1.82) is 0 Å². The molecule has 2 aromatic carbocycles. The Hall–Kier alpha value is -2.66. The molecule has 0 bridgehead atoms. The monoisotopic (exact) mass is 409 g/mol. The van der Waals surface area contributed by atoms with Crippen LogP contribution in [0.15, 0.2) is 53.7 Å². The molecule has 5 heteroatoms. The molecule has 4 nitrogen and oxygen atoms in total. The van der Waals surface area contributed by atoms with Crippen LogP contribution in [0.5, 0.6) is 5.75 Å². The number of methoxy groups -OCH3 is 1. The molecular formula is C25H32FN3O. The zero-order valence-corrected chi connectivity index (χ0v) is 18.4. The van der Waals surface area contributed by atoms with Gasteiger partial charge in [-0.1, -0.05) is 25.1 Å². The van der Waals surface area contributed by atoms with Gasteiger partial charge in [0.05, 0.1) is 13.2 Å². The second kappa shape index (κ2) is 10.4. The number of rotatable bonds is 6. The molecule has 2 aromatic rings. The Bertz CT molecular complexity index is 905. The third-order valence-corrected chi connectivity index (χ3v) is 5.50. The van der Waals surface area contributed by atoms with Crippen molar-refractivity contribution >= 4 is 5.84 Å². The SMILES string of the molecule is CC/C=C/NC(=NC1CCCN(C)C1)c1cc(-c2ccc(F)cc2)cc(OC)c1C. The highest BCUT2D eigenvalue weighted by Crippen LogP contribution is 2.31. The van der Waals surface area contributed by atoms with Gasteiger partial charge >= 0.3 is 0 Å². The summed E-state index contributed by atoms with van der Waals surface area (Å²) >= 11 is 0. The minimum absolute atomic E-state index is 0.243. The first kappa shape index (κ1) is 22.0. The summed E-state index contributed by atoms with van der Waals surface area (Å²) in [7, 11) is 3.83. The van der Waals surface area contributed by atoms with Crippen molar-refractivity contribution in [3.05, 3.63) is 65.6 Å². The van der Waals surface area contributed by atoms with Crippen molar-refractivity contribution in [2.75, 3.05) is 27.2 Å². The fraction of sp³-hybridized carbons (Fsp3) is 0.400. The second-order valence-corrected chi connectivity index (χ2v) is 7.85. The van der Waals surface area contributed by atoms with Crippen molar-refractivity contribution in [2.45, 2.75) is 39.2 Å². The van der Waals surface area contributed by atoms with E-state index in [2.05, 4.69) is 43.3 Å². The number of nitrogens with one attached hydrogen (secondary N) is 1. The highest BCUT2D eigenvalue weighted by atomic mass is 19.1. The van der Waals surface area contributed by atoms with Crippen molar-refractivity contribution in [1.82, 2.24) is 10.2 Å². The first-order valence-corrected chi connectivity index (χ1v) is 10.6. The lowest BCUT2D eigenvalue weighted by molar-refractivity contribution is 0.253. The molecule has 1 atom stereocenters. The van der Waals surface area contributed by atoms with Crippen LogP contribution < -0.4 is 10.1 Å². The van der Waals surface area contributed by atoms with Gasteiger partial charge in [0.2, 0.25) is 0 Å². The van der Waals surface area contributed by atoms with Crippen LogP contribution in [-0.4, -0.2) is 44.0 Å². The number of allylic oxidation sites excluding steroid dienone is 1. The number of aliphatic imine (C=N–C) groups is 1. The maximum Gasteiger partial charge on any atom is 0.133 e. The van der Waals surface area contributed by atoms with E-state index in [0.29, 0.717) is 0 Å². The summed E-state index contributed by atoms with van der Waals surface area (Å²) in [6.07, 6.45) is 7.23. The number of hydrogen-bond donors (Lipinski definition) is 1. The lowest BCUT2D eigenvalue weighted by Crippen LogP contribution is -2.36. The zero-order valence-electron chi connectivity index (χ0n) is 18.4.